The molecule has 0 radical (unpaired) electrons. The van der Waals surface area contributed by atoms with Crippen molar-refractivity contribution in [3.8, 4) is 5.75 Å². The van der Waals surface area contributed by atoms with Crippen molar-refractivity contribution in [3.63, 3.8) is 0 Å². The number of piperazine rings is 1. The molecule has 0 aromatic heterocycles. The number of halogens is 3. The molecule has 8 heteroatoms. The molecule has 29 heavy (non-hydrogen) atoms. The summed E-state index contributed by atoms with van der Waals surface area (Å²) in [5.41, 5.74) is 0. The lowest BCUT2D eigenvalue weighted by Crippen LogP contribution is -2.50. The standard InChI is InChI=1S/C21H30ClN3O2.2ClH/c22-19-3-1-2-4-20(19)27-12-11-24-7-9-25(10-8-24)21(26)15-16-13-17-5-6-18(14-16)23-17;;/h1-4,16-18,23H,5-15H2;2*1H. The van der Waals surface area contributed by atoms with Crippen molar-refractivity contribution >= 4 is 42.3 Å². The number of para-hydroxylation sites is 1. The molecule has 1 N–H and O–H groups in total. The Morgan fingerprint density at radius 3 is 2.38 bits per heavy atom. The van der Waals surface area contributed by atoms with Gasteiger partial charge in [0, 0.05) is 51.2 Å². The van der Waals surface area contributed by atoms with Crippen LogP contribution in [0.4, 0.5) is 0 Å². The fourth-order valence-electron chi connectivity index (χ4n) is 4.79. The Hall–Kier alpha value is -0.720. The van der Waals surface area contributed by atoms with E-state index in [1.54, 1.807) is 0 Å². The molecule has 1 aromatic carbocycles. The summed E-state index contributed by atoms with van der Waals surface area (Å²) in [6.45, 7) is 5.01. The Balaban J connectivity index is 0.00000150. The molecule has 3 fully saturated rings. The van der Waals surface area contributed by atoms with Gasteiger partial charge in [-0.2, -0.15) is 0 Å². The van der Waals surface area contributed by atoms with E-state index in [9.17, 15) is 4.79 Å². The van der Waals surface area contributed by atoms with Crippen LogP contribution in [0.15, 0.2) is 24.3 Å². The highest BCUT2D eigenvalue weighted by atomic mass is 35.5. The summed E-state index contributed by atoms with van der Waals surface area (Å²) in [6, 6.07) is 8.90. The SMILES string of the molecule is Cl.Cl.O=C(CC1CC2CCC(C1)N2)N1CCN(CCOc2ccccc2Cl)CC1. The van der Waals surface area contributed by atoms with Gasteiger partial charge in [-0.1, -0.05) is 23.7 Å². The first-order valence-corrected chi connectivity index (χ1v) is 10.7. The highest BCUT2D eigenvalue weighted by Crippen LogP contribution is 2.33. The van der Waals surface area contributed by atoms with Gasteiger partial charge in [0.1, 0.15) is 12.4 Å². The first-order chi connectivity index (χ1) is 13.2. The van der Waals surface area contributed by atoms with Crippen LogP contribution in [0.25, 0.3) is 0 Å². The average Bonchev–Trinajstić information content (AvgIpc) is 3.02. The summed E-state index contributed by atoms with van der Waals surface area (Å²) in [6.07, 6.45) is 5.70. The highest BCUT2D eigenvalue weighted by Gasteiger charge is 2.35. The van der Waals surface area contributed by atoms with Gasteiger partial charge in [0.05, 0.1) is 5.02 Å². The summed E-state index contributed by atoms with van der Waals surface area (Å²) < 4.78 is 5.78. The number of carbonyl (C=O) groups is 1. The minimum Gasteiger partial charge on any atom is -0.491 e. The Bertz CT molecular complexity index is 644. The van der Waals surface area contributed by atoms with E-state index in [0.717, 1.165) is 44.9 Å². The van der Waals surface area contributed by atoms with Gasteiger partial charge in [0.15, 0.2) is 0 Å². The Labute approximate surface area is 191 Å². The van der Waals surface area contributed by atoms with Gasteiger partial charge in [0.2, 0.25) is 5.91 Å². The van der Waals surface area contributed by atoms with E-state index in [2.05, 4.69) is 15.1 Å². The number of amides is 1. The maximum Gasteiger partial charge on any atom is 0.222 e. The van der Waals surface area contributed by atoms with Crippen LogP contribution in [0.1, 0.15) is 32.1 Å². The minimum absolute atomic E-state index is 0. The average molecular weight is 465 g/mol. The third kappa shape index (κ3) is 6.63. The van der Waals surface area contributed by atoms with E-state index in [1.165, 1.54) is 25.7 Å². The summed E-state index contributed by atoms with van der Waals surface area (Å²) in [4.78, 5) is 17.1. The zero-order valence-electron chi connectivity index (χ0n) is 16.7. The van der Waals surface area contributed by atoms with Gasteiger partial charge in [-0.05, 0) is 43.7 Å². The highest BCUT2D eigenvalue weighted by molar-refractivity contribution is 6.32. The predicted molar refractivity (Wildman–Crippen MR) is 122 cm³/mol. The minimum atomic E-state index is 0. The molecule has 3 saturated heterocycles. The molecule has 164 valence electrons. The smallest absolute Gasteiger partial charge is 0.222 e. The van der Waals surface area contributed by atoms with E-state index in [1.807, 2.05) is 24.3 Å². The number of carbonyl (C=O) groups excluding carboxylic acids is 1. The molecule has 0 spiro atoms. The van der Waals surface area contributed by atoms with Gasteiger partial charge < -0.3 is 15.0 Å². The number of hydrogen-bond acceptors (Lipinski definition) is 4. The van der Waals surface area contributed by atoms with Crippen LogP contribution in [0.3, 0.4) is 0 Å². The number of rotatable bonds is 6. The van der Waals surface area contributed by atoms with Crippen molar-refractivity contribution < 1.29 is 9.53 Å². The number of hydrogen-bond donors (Lipinski definition) is 1. The third-order valence-corrected chi connectivity index (χ3v) is 6.57. The maximum atomic E-state index is 12.7. The topological polar surface area (TPSA) is 44.8 Å². The summed E-state index contributed by atoms with van der Waals surface area (Å²) in [5, 5.41) is 4.31. The van der Waals surface area contributed by atoms with Crippen LogP contribution < -0.4 is 10.1 Å². The molecule has 0 saturated carbocycles. The van der Waals surface area contributed by atoms with Crippen molar-refractivity contribution in [1.82, 2.24) is 15.1 Å². The third-order valence-electron chi connectivity index (χ3n) is 6.26. The van der Waals surface area contributed by atoms with Gasteiger partial charge in [-0.25, -0.2) is 0 Å². The number of fused-ring (bicyclic) bond motifs is 2. The lowest BCUT2D eigenvalue weighted by molar-refractivity contribution is -0.134. The fraction of sp³-hybridized carbons (Fsp3) is 0.667. The second-order valence-electron chi connectivity index (χ2n) is 8.18. The zero-order chi connectivity index (χ0) is 18.6. The second kappa shape index (κ2) is 11.6. The zero-order valence-corrected chi connectivity index (χ0v) is 19.1. The molecule has 3 heterocycles. The van der Waals surface area contributed by atoms with Gasteiger partial charge >= 0.3 is 0 Å². The van der Waals surface area contributed by atoms with E-state index in [0.29, 0.717) is 35.5 Å². The van der Waals surface area contributed by atoms with E-state index < -0.39 is 0 Å². The van der Waals surface area contributed by atoms with Crippen molar-refractivity contribution in [3.05, 3.63) is 29.3 Å². The van der Waals surface area contributed by atoms with E-state index in [4.69, 9.17) is 16.3 Å². The van der Waals surface area contributed by atoms with E-state index in [-0.39, 0.29) is 24.8 Å². The van der Waals surface area contributed by atoms with Crippen molar-refractivity contribution in [2.24, 2.45) is 5.92 Å². The van der Waals surface area contributed by atoms with Gasteiger partial charge in [-0.3, -0.25) is 9.69 Å². The molecular weight excluding hydrogens is 433 g/mol. The molecule has 4 rings (SSSR count). The molecule has 5 nitrogen and oxygen atoms in total. The van der Waals surface area contributed by atoms with Crippen LogP contribution >= 0.6 is 36.4 Å². The van der Waals surface area contributed by atoms with Crippen LogP contribution in [-0.2, 0) is 4.79 Å². The van der Waals surface area contributed by atoms with Crippen LogP contribution in [-0.4, -0.2) is 67.1 Å². The summed E-state index contributed by atoms with van der Waals surface area (Å²) >= 11 is 6.11. The molecule has 0 aliphatic carbocycles. The van der Waals surface area contributed by atoms with Crippen molar-refractivity contribution in [2.75, 3.05) is 39.3 Å². The Morgan fingerprint density at radius 2 is 1.72 bits per heavy atom. The first kappa shape index (κ1) is 24.5. The first-order valence-electron chi connectivity index (χ1n) is 10.3. The van der Waals surface area contributed by atoms with Crippen LogP contribution in [0, 0.1) is 5.92 Å². The Morgan fingerprint density at radius 1 is 1.07 bits per heavy atom. The van der Waals surface area contributed by atoms with Gasteiger partial charge in [0.25, 0.3) is 0 Å². The maximum absolute atomic E-state index is 12.7. The lowest BCUT2D eigenvalue weighted by Gasteiger charge is -2.36. The molecule has 1 amide bonds. The molecule has 2 atom stereocenters. The fourth-order valence-corrected chi connectivity index (χ4v) is 4.98. The monoisotopic (exact) mass is 463 g/mol. The second-order valence-corrected chi connectivity index (χ2v) is 8.59. The predicted octanol–water partition coefficient (Wildman–Crippen LogP) is 3.63. The normalized spacial score (nSPS) is 26.4. The van der Waals surface area contributed by atoms with E-state index >= 15 is 0 Å². The molecular formula is C21H32Cl3N3O2. The lowest BCUT2D eigenvalue weighted by atomic mass is 9.89. The molecule has 3 aliphatic heterocycles. The van der Waals surface area contributed by atoms with Crippen LogP contribution in [0.5, 0.6) is 5.75 Å². The number of nitrogens with zero attached hydrogens (tertiary/aromatic N) is 2. The number of piperidine rings is 1. The van der Waals surface area contributed by atoms with Crippen LogP contribution in [0.2, 0.25) is 5.02 Å². The Kier molecular flexibility index (Phi) is 9.83. The molecule has 2 bridgehead atoms. The number of benzene rings is 1. The molecule has 2 unspecified atom stereocenters. The quantitative estimate of drug-likeness (QED) is 0.698. The largest absolute Gasteiger partial charge is 0.491 e. The summed E-state index contributed by atoms with van der Waals surface area (Å²) in [5.74, 6) is 1.68. The van der Waals surface area contributed by atoms with Crippen molar-refractivity contribution in [1.29, 1.82) is 0 Å². The van der Waals surface area contributed by atoms with Gasteiger partial charge in [-0.15, -0.1) is 24.8 Å². The van der Waals surface area contributed by atoms with Crippen molar-refractivity contribution in [2.45, 2.75) is 44.2 Å². The molecule has 3 aliphatic rings. The number of nitrogens with one attached hydrogen (secondary N) is 1. The molecule has 1 aromatic rings. The number of ether oxygens (including phenoxy) is 1. The summed E-state index contributed by atoms with van der Waals surface area (Å²) in [7, 11) is 0.